The van der Waals surface area contributed by atoms with Gasteiger partial charge in [-0.3, -0.25) is 4.40 Å². The van der Waals surface area contributed by atoms with Gasteiger partial charge in [0.05, 0.1) is 0 Å². The molecule has 0 aliphatic rings. The minimum Gasteiger partial charge on any atom is -0.476 e. The molecule has 0 radical (unpaired) electrons. The van der Waals surface area contributed by atoms with Crippen molar-refractivity contribution in [2.45, 2.75) is 6.42 Å². The normalized spacial score (nSPS) is 11.2. The number of aromatic carboxylic acids is 1. The van der Waals surface area contributed by atoms with E-state index >= 15 is 0 Å². The summed E-state index contributed by atoms with van der Waals surface area (Å²) >= 11 is 0. The van der Waals surface area contributed by atoms with E-state index in [1.807, 2.05) is 38.2 Å². The molecule has 0 atom stereocenters. The lowest BCUT2D eigenvalue weighted by Crippen LogP contribution is -2.25. The lowest BCUT2D eigenvalue weighted by Gasteiger charge is -2.18. The van der Waals surface area contributed by atoms with Crippen LogP contribution in [0.15, 0.2) is 24.4 Å². The standard InChI is InChI=1S/C14H20N4O2/c1-16(2)8-6-9-17(3)13-12(14(19)20)18-10-5-4-7-11(18)15-13/h4-5,7,10H,6,8-9H2,1-3H3,(H,19,20). The van der Waals surface area contributed by atoms with Crippen LogP contribution in [0.1, 0.15) is 16.9 Å². The fourth-order valence-corrected chi connectivity index (χ4v) is 2.18. The van der Waals surface area contributed by atoms with Gasteiger partial charge in [-0.05, 0) is 39.2 Å². The number of imidazole rings is 1. The molecule has 0 amide bonds. The molecule has 0 saturated carbocycles. The molecule has 2 heterocycles. The molecule has 1 N–H and O–H groups in total. The first-order chi connectivity index (χ1) is 9.50. The van der Waals surface area contributed by atoms with Crippen molar-refractivity contribution in [1.82, 2.24) is 14.3 Å². The van der Waals surface area contributed by atoms with Gasteiger partial charge in [0.2, 0.25) is 0 Å². The number of hydrogen-bond acceptors (Lipinski definition) is 4. The summed E-state index contributed by atoms with van der Waals surface area (Å²) in [6, 6.07) is 5.46. The van der Waals surface area contributed by atoms with Gasteiger partial charge in [0.25, 0.3) is 0 Å². The Bertz CT molecular complexity index is 606. The molecule has 0 aromatic carbocycles. The third kappa shape index (κ3) is 2.91. The van der Waals surface area contributed by atoms with Crippen LogP contribution >= 0.6 is 0 Å². The van der Waals surface area contributed by atoms with Crippen molar-refractivity contribution < 1.29 is 9.90 Å². The van der Waals surface area contributed by atoms with Crippen molar-refractivity contribution in [3.05, 3.63) is 30.1 Å². The molecule has 108 valence electrons. The number of nitrogens with zero attached hydrogens (tertiary/aromatic N) is 4. The van der Waals surface area contributed by atoms with Gasteiger partial charge < -0.3 is 14.9 Å². The second kappa shape index (κ2) is 5.92. The Labute approximate surface area is 118 Å². The van der Waals surface area contributed by atoms with Gasteiger partial charge in [-0.15, -0.1) is 0 Å². The van der Waals surface area contributed by atoms with Crippen LogP contribution in [0.2, 0.25) is 0 Å². The van der Waals surface area contributed by atoms with Crippen LogP contribution in [-0.2, 0) is 0 Å². The number of rotatable bonds is 6. The predicted octanol–water partition coefficient (Wildman–Crippen LogP) is 1.42. The smallest absolute Gasteiger partial charge is 0.356 e. The maximum absolute atomic E-state index is 11.5. The summed E-state index contributed by atoms with van der Waals surface area (Å²) in [6.07, 6.45) is 2.68. The third-order valence-corrected chi connectivity index (χ3v) is 3.17. The van der Waals surface area contributed by atoms with E-state index in [9.17, 15) is 9.90 Å². The fraction of sp³-hybridized carbons (Fsp3) is 0.429. The number of carboxylic acid groups (broad SMARTS) is 1. The van der Waals surface area contributed by atoms with Gasteiger partial charge in [-0.1, -0.05) is 6.07 Å². The quantitative estimate of drug-likeness (QED) is 0.864. The fourth-order valence-electron chi connectivity index (χ4n) is 2.18. The molecular weight excluding hydrogens is 256 g/mol. The Morgan fingerprint density at radius 2 is 2.05 bits per heavy atom. The van der Waals surface area contributed by atoms with Gasteiger partial charge in [0.15, 0.2) is 11.5 Å². The predicted molar refractivity (Wildman–Crippen MR) is 78.6 cm³/mol. The molecule has 2 aromatic heterocycles. The van der Waals surface area contributed by atoms with Crippen molar-refractivity contribution >= 4 is 17.4 Å². The minimum atomic E-state index is -0.960. The molecule has 2 rings (SSSR count). The second-order valence-corrected chi connectivity index (χ2v) is 5.10. The summed E-state index contributed by atoms with van der Waals surface area (Å²) in [5.74, 6) is -0.444. The zero-order chi connectivity index (χ0) is 14.7. The molecule has 0 aliphatic carbocycles. The van der Waals surface area contributed by atoms with E-state index in [1.165, 1.54) is 0 Å². The number of carbonyl (C=O) groups is 1. The zero-order valence-electron chi connectivity index (χ0n) is 12.1. The van der Waals surface area contributed by atoms with E-state index in [0.29, 0.717) is 11.5 Å². The summed E-state index contributed by atoms with van der Waals surface area (Å²) < 4.78 is 1.61. The molecule has 0 fully saturated rings. The largest absolute Gasteiger partial charge is 0.476 e. The summed E-state index contributed by atoms with van der Waals surface area (Å²) in [6.45, 7) is 1.72. The van der Waals surface area contributed by atoms with Gasteiger partial charge in [0, 0.05) is 19.8 Å². The van der Waals surface area contributed by atoms with Crippen molar-refractivity contribution in [1.29, 1.82) is 0 Å². The molecule has 6 nitrogen and oxygen atoms in total. The van der Waals surface area contributed by atoms with Gasteiger partial charge in [0.1, 0.15) is 5.65 Å². The van der Waals surface area contributed by atoms with E-state index in [4.69, 9.17) is 0 Å². The maximum Gasteiger partial charge on any atom is 0.356 e. The Morgan fingerprint density at radius 1 is 1.30 bits per heavy atom. The van der Waals surface area contributed by atoms with Gasteiger partial charge >= 0.3 is 5.97 Å². The Kier molecular flexibility index (Phi) is 4.24. The van der Waals surface area contributed by atoms with Crippen LogP contribution in [0.5, 0.6) is 0 Å². The number of hydrogen-bond donors (Lipinski definition) is 1. The Balaban J connectivity index is 2.28. The summed E-state index contributed by atoms with van der Waals surface area (Å²) in [5, 5.41) is 9.42. The zero-order valence-corrected chi connectivity index (χ0v) is 12.1. The first-order valence-electron chi connectivity index (χ1n) is 6.57. The van der Waals surface area contributed by atoms with Crippen LogP contribution in [0.25, 0.3) is 5.65 Å². The van der Waals surface area contributed by atoms with Crippen LogP contribution < -0.4 is 4.90 Å². The average molecular weight is 276 g/mol. The monoisotopic (exact) mass is 276 g/mol. The van der Waals surface area contributed by atoms with E-state index in [2.05, 4.69) is 9.88 Å². The maximum atomic E-state index is 11.5. The molecule has 0 bridgehead atoms. The van der Waals surface area contributed by atoms with Crippen LogP contribution in [0.3, 0.4) is 0 Å². The van der Waals surface area contributed by atoms with Crippen molar-refractivity contribution in [2.75, 3.05) is 39.1 Å². The van der Waals surface area contributed by atoms with E-state index in [0.717, 1.165) is 19.5 Å². The minimum absolute atomic E-state index is 0.216. The topological polar surface area (TPSA) is 61.1 Å². The molecular formula is C14H20N4O2. The van der Waals surface area contributed by atoms with Crippen LogP contribution in [-0.4, -0.2) is 59.6 Å². The van der Waals surface area contributed by atoms with Gasteiger partial charge in [-0.25, -0.2) is 9.78 Å². The first-order valence-corrected chi connectivity index (χ1v) is 6.57. The van der Waals surface area contributed by atoms with Crippen LogP contribution in [0, 0.1) is 0 Å². The highest BCUT2D eigenvalue weighted by Crippen LogP contribution is 2.21. The Morgan fingerprint density at radius 3 is 2.70 bits per heavy atom. The highest BCUT2D eigenvalue weighted by Gasteiger charge is 2.20. The third-order valence-electron chi connectivity index (χ3n) is 3.17. The molecule has 0 unspecified atom stereocenters. The highest BCUT2D eigenvalue weighted by molar-refractivity contribution is 5.93. The molecule has 0 saturated heterocycles. The molecule has 20 heavy (non-hydrogen) atoms. The number of carboxylic acids is 1. The SMILES string of the molecule is CN(C)CCCN(C)c1nc2ccccn2c1C(=O)O. The number of fused-ring (bicyclic) bond motifs is 1. The van der Waals surface area contributed by atoms with E-state index in [-0.39, 0.29) is 5.69 Å². The average Bonchev–Trinajstić information content (AvgIpc) is 2.77. The molecule has 6 heteroatoms. The Hall–Kier alpha value is -2.08. The molecule has 0 aliphatic heterocycles. The number of anilines is 1. The molecule has 2 aromatic rings. The summed E-state index contributed by atoms with van der Waals surface area (Å²) in [4.78, 5) is 19.9. The van der Waals surface area contributed by atoms with Crippen LogP contribution in [0.4, 0.5) is 5.82 Å². The van der Waals surface area contributed by atoms with Crippen molar-refractivity contribution in [3.63, 3.8) is 0 Å². The number of aromatic nitrogens is 2. The summed E-state index contributed by atoms with van der Waals surface area (Å²) in [7, 11) is 5.92. The lowest BCUT2D eigenvalue weighted by atomic mass is 10.3. The number of pyridine rings is 1. The van der Waals surface area contributed by atoms with E-state index < -0.39 is 5.97 Å². The van der Waals surface area contributed by atoms with Crippen molar-refractivity contribution in [2.24, 2.45) is 0 Å². The van der Waals surface area contributed by atoms with Crippen molar-refractivity contribution in [3.8, 4) is 0 Å². The second-order valence-electron chi connectivity index (χ2n) is 5.10. The highest BCUT2D eigenvalue weighted by atomic mass is 16.4. The summed E-state index contributed by atoms with van der Waals surface area (Å²) in [5.41, 5.74) is 0.868. The van der Waals surface area contributed by atoms with E-state index in [1.54, 1.807) is 16.7 Å². The molecule has 0 spiro atoms. The van der Waals surface area contributed by atoms with Gasteiger partial charge in [-0.2, -0.15) is 0 Å². The lowest BCUT2D eigenvalue weighted by molar-refractivity contribution is 0.0690. The first kappa shape index (κ1) is 14.3.